The molecule has 10 heteroatoms. The molecule has 0 saturated heterocycles. The predicted octanol–water partition coefficient (Wildman–Crippen LogP) is 3.65. The van der Waals surface area contributed by atoms with Crippen molar-refractivity contribution < 1.29 is 23.0 Å². The molecule has 0 bridgehead atoms. The number of hydrogen-bond donors (Lipinski definition) is 1. The Morgan fingerprint density at radius 3 is 1.52 bits per heavy atom. The molecule has 0 amide bonds. The molecule has 2 rings (SSSR count). The van der Waals surface area contributed by atoms with Crippen LogP contribution in [0.4, 0.5) is 30.2 Å². The lowest BCUT2D eigenvalue weighted by molar-refractivity contribution is -0.390. The van der Waals surface area contributed by atoms with Crippen molar-refractivity contribution in [3.63, 3.8) is 0 Å². The third kappa shape index (κ3) is 4.40. The summed E-state index contributed by atoms with van der Waals surface area (Å²) in [5.74, 6) is -3.14. The third-order valence-electron chi connectivity index (χ3n) is 2.56. The zero-order valence-electron chi connectivity index (χ0n) is 11.6. The number of anilines is 1. The SMILES string of the molecule is CNc1cccc(F)c1[N+](=O)[O-].O=[N+]([O-])c1c(F)cccc1F. The minimum absolute atomic E-state index is 0.181. The van der Waals surface area contributed by atoms with Gasteiger partial charge in [-0.25, -0.2) is 0 Å². The van der Waals surface area contributed by atoms with E-state index in [1.165, 1.54) is 19.2 Å². The highest BCUT2D eigenvalue weighted by molar-refractivity contribution is 5.61. The topological polar surface area (TPSA) is 98.3 Å². The van der Waals surface area contributed by atoms with Crippen molar-refractivity contribution in [3.8, 4) is 0 Å². The van der Waals surface area contributed by atoms with Gasteiger partial charge in [0.25, 0.3) is 0 Å². The van der Waals surface area contributed by atoms with Crippen molar-refractivity contribution in [2.24, 2.45) is 0 Å². The van der Waals surface area contributed by atoms with Crippen molar-refractivity contribution >= 4 is 17.1 Å². The molecule has 0 aliphatic heterocycles. The molecule has 7 nitrogen and oxygen atoms in total. The molecule has 0 atom stereocenters. The second-order valence-corrected chi connectivity index (χ2v) is 3.97. The van der Waals surface area contributed by atoms with Crippen LogP contribution in [-0.2, 0) is 0 Å². The number of nitro benzene ring substituents is 2. The summed E-state index contributed by atoms with van der Waals surface area (Å²) in [6.45, 7) is 0. The van der Waals surface area contributed by atoms with E-state index in [-0.39, 0.29) is 5.69 Å². The predicted molar refractivity (Wildman–Crippen MR) is 75.6 cm³/mol. The molecule has 0 radical (unpaired) electrons. The summed E-state index contributed by atoms with van der Waals surface area (Å²) in [6.07, 6.45) is 0. The van der Waals surface area contributed by atoms with Gasteiger partial charge in [0, 0.05) is 7.05 Å². The van der Waals surface area contributed by atoms with E-state index in [9.17, 15) is 33.4 Å². The van der Waals surface area contributed by atoms with Crippen LogP contribution < -0.4 is 5.32 Å². The number of halogens is 3. The standard InChI is InChI=1S/C7H7FN2O2.C6H3F2NO2/c1-9-6-4-2-3-5(8)7(6)10(11)12;7-4-2-1-3-5(8)6(4)9(10)11/h2-4,9H,1H3;1-3H. The number of nitro groups is 2. The Balaban J connectivity index is 0.000000231. The van der Waals surface area contributed by atoms with E-state index in [2.05, 4.69) is 5.32 Å². The molecular formula is C13H10F3N3O4. The van der Waals surface area contributed by atoms with Crippen molar-refractivity contribution in [2.45, 2.75) is 0 Å². The molecule has 2 aromatic rings. The zero-order chi connectivity index (χ0) is 17.6. The molecule has 0 spiro atoms. The molecule has 0 heterocycles. The van der Waals surface area contributed by atoms with Crippen molar-refractivity contribution in [3.05, 3.63) is 74.1 Å². The number of nitrogens with one attached hydrogen (secondary N) is 1. The Morgan fingerprint density at radius 1 is 0.826 bits per heavy atom. The van der Waals surface area contributed by atoms with Gasteiger partial charge in [-0.05, 0) is 24.3 Å². The van der Waals surface area contributed by atoms with E-state index in [0.29, 0.717) is 0 Å². The second kappa shape index (κ2) is 7.73. The van der Waals surface area contributed by atoms with Crippen LogP contribution in [0.5, 0.6) is 0 Å². The quantitative estimate of drug-likeness (QED) is 0.684. The summed E-state index contributed by atoms with van der Waals surface area (Å²) >= 11 is 0. The summed E-state index contributed by atoms with van der Waals surface area (Å²) in [6, 6.07) is 6.65. The Bertz CT molecular complexity index is 720. The summed E-state index contributed by atoms with van der Waals surface area (Å²) in [5, 5.41) is 22.8. The third-order valence-corrected chi connectivity index (χ3v) is 2.56. The van der Waals surface area contributed by atoms with Gasteiger partial charge >= 0.3 is 11.4 Å². The van der Waals surface area contributed by atoms with E-state index in [1.54, 1.807) is 0 Å². The van der Waals surface area contributed by atoms with Gasteiger partial charge in [0.15, 0.2) is 0 Å². The molecule has 0 unspecified atom stereocenters. The fourth-order valence-electron chi connectivity index (χ4n) is 1.57. The highest BCUT2D eigenvalue weighted by Gasteiger charge is 2.19. The van der Waals surface area contributed by atoms with E-state index < -0.39 is 38.7 Å². The fourth-order valence-corrected chi connectivity index (χ4v) is 1.57. The molecule has 122 valence electrons. The van der Waals surface area contributed by atoms with Crippen LogP contribution >= 0.6 is 0 Å². The molecule has 2 aromatic carbocycles. The second-order valence-electron chi connectivity index (χ2n) is 3.97. The number of hydrogen-bond acceptors (Lipinski definition) is 5. The van der Waals surface area contributed by atoms with Crippen LogP contribution in [0.15, 0.2) is 36.4 Å². The van der Waals surface area contributed by atoms with Crippen LogP contribution in [0.2, 0.25) is 0 Å². The van der Waals surface area contributed by atoms with Crippen LogP contribution in [0.1, 0.15) is 0 Å². The van der Waals surface area contributed by atoms with E-state index in [0.717, 1.165) is 24.3 Å². The zero-order valence-corrected chi connectivity index (χ0v) is 11.6. The smallest absolute Gasteiger partial charge is 0.340 e. The van der Waals surface area contributed by atoms with E-state index in [4.69, 9.17) is 0 Å². The summed E-state index contributed by atoms with van der Waals surface area (Å²) in [7, 11) is 1.50. The van der Waals surface area contributed by atoms with E-state index in [1.807, 2.05) is 0 Å². The monoisotopic (exact) mass is 329 g/mol. The maximum atomic E-state index is 12.8. The Hall–Kier alpha value is -3.17. The van der Waals surface area contributed by atoms with Gasteiger partial charge in [-0.1, -0.05) is 12.1 Å². The molecular weight excluding hydrogens is 319 g/mol. The molecule has 0 aromatic heterocycles. The lowest BCUT2D eigenvalue weighted by Crippen LogP contribution is -1.98. The number of para-hydroxylation sites is 2. The van der Waals surface area contributed by atoms with Crippen molar-refractivity contribution in [1.29, 1.82) is 0 Å². The lowest BCUT2D eigenvalue weighted by atomic mass is 10.2. The molecule has 0 saturated carbocycles. The molecule has 0 aliphatic rings. The van der Waals surface area contributed by atoms with Gasteiger partial charge in [0.1, 0.15) is 5.69 Å². The Labute approximate surface area is 127 Å². The average molecular weight is 329 g/mol. The van der Waals surface area contributed by atoms with Crippen LogP contribution in [-0.4, -0.2) is 16.9 Å². The molecule has 0 aliphatic carbocycles. The molecule has 1 N–H and O–H groups in total. The Morgan fingerprint density at radius 2 is 1.22 bits per heavy atom. The van der Waals surface area contributed by atoms with Crippen molar-refractivity contribution in [1.82, 2.24) is 0 Å². The van der Waals surface area contributed by atoms with Gasteiger partial charge in [0.2, 0.25) is 17.5 Å². The first-order chi connectivity index (χ1) is 10.8. The first-order valence-corrected chi connectivity index (χ1v) is 5.98. The Kier molecular flexibility index (Phi) is 6.01. The maximum absolute atomic E-state index is 12.8. The minimum Gasteiger partial charge on any atom is -0.382 e. The van der Waals surface area contributed by atoms with Crippen LogP contribution in [0.25, 0.3) is 0 Å². The largest absolute Gasteiger partial charge is 0.382 e. The lowest BCUT2D eigenvalue weighted by Gasteiger charge is -2.00. The van der Waals surface area contributed by atoms with Gasteiger partial charge in [-0.15, -0.1) is 0 Å². The van der Waals surface area contributed by atoms with Crippen LogP contribution in [0.3, 0.4) is 0 Å². The number of benzene rings is 2. The normalized spacial score (nSPS) is 9.57. The van der Waals surface area contributed by atoms with Crippen LogP contribution in [0, 0.1) is 37.7 Å². The fraction of sp³-hybridized carbons (Fsp3) is 0.0769. The van der Waals surface area contributed by atoms with Gasteiger partial charge in [-0.2, -0.15) is 13.2 Å². The first kappa shape index (κ1) is 17.9. The molecule has 23 heavy (non-hydrogen) atoms. The number of rotatable bonds is 3. The van der Waals surface area contributed by atoms with Gasteiger partial charge in [-0.3, -0.25) is 20.2 Å². The number of nitrogens with zero attached hydrogens (tertiary/aromatic N) is 2. The first-order valence-electron chi connectivity index (χ1n) is 5.98. The summed E-state index contributed by atoms with van der Waals surface area (Å²) < 4.78 is 37.6. The van der Waals surface area contributed by atoms with Gasteiger partial charge in [0.05, 0.1) is 9.85 Å². The minimum atomic E-state index is -1.16. The average Bonchev–Trinajstić information content (AvgIpc) is 2.46. The summed E-state index contributed by atoms with van der Waals surface area (Å²) in [4.78, 5) is 18.5. The maximum Gasteiger partial charge on any atom is 0.340 e. The summed E-state index contributed by atoms with van der Waals surface area (Å²) in [5.41, 5.74) is -1.44. The highest BCUT2D eigenvalue weighted by Crippen LogP contribution is 2.26. The van der Waals surface area contributed by atoms with E-state index >= 15 is 0 Å². The van der Waals surface area contributed by atoms with Crippen molar-refractivity contribution in [2.75, 3.05) is 12.4 Å². The molecule has 0 fully saturated rings. The van der Waals surface area contributed by atoms with Gasteiger partial charge < -0.3 is 5.32 Å². The highest BCUT2D eigenvalue weighted by atomic mass is 19.1.